The maximum atomic E-state index is 5.25. The standard InChI is InChI=1S/C16H29N5O3/c1-12-6-7-13(8-12)14-17-15(20(2)9-22-3)19-16(18-14)21(10-23-4)11-24-5/h12-13H,6-11H2,1-5H3. The first-order chi connectivity index (χ1) is 11.6. The summed E-state index contributed by atoms with van der Waals surface area (Å²) in [6.07, 6.45) is 3.45. The zero-order valence-electron chi connectivity index (χ0n) is 15.4. The molecule has 0 aromatic carbocycles. The summed E-state index contributed by atoms with van der Waals surface area (Å²) in [5, 5.41) is 0. The van der Waals surface area contributed by atoms with Gasteiger partial charge in [0.25, 0.3) is 0 Å². The molecule has 0 spiro atoms. The second-order valence-electron chi connectivity index (χ2n) is 6.40. The fraction of sp³-hybridized carbons (Fsp3) is 0.812. The van der Waals surface area contributed by atoms with E-state index in [9.17, 15) is 0 Å². The molecule has 0 saturated heterocycles. The lowest BCUT2D eigenvalue weighted by molar-refractivity contribution is 0.138. The molecule has 1 aromatic heterocycles. The smallest absolute Gasteiger partial charge is 0.234 e. The Balaban J connectivity index is 2.35. The van der Waals surface area contributed by atoms with Crippen molar-refractivity contribution in [2.45, 2.75) is 32.1 Å². The molecule has 1 saturated carbocycles. The number of rotatable bonds is 9. The lowest BCUT2D eigenvalue weighted by Gasteiger charge is -2.24. The van der Waals surface area contributed by atoms with E-state index in [2.05, 4.69) is 16.9 Å². The van der Waals surface area contributed by atoms with Gasteiger partial charge in [-0.15, -0.1) is 0 Å². The van der Waals surface area contributed by atoms with Crippen LogP contribution < -0.4 is 9.80 Å². The average Bonchev–Trinajstić information content (AvgIpc) is 3.01. The average molecular weight is 339 g/mol. The molecule has 0 radical (unpaired) electrons. The van der Waals surface area contributed by atoms with Crippen molar-refractivity contribution in [1.29, 1.82) is 0 Å². The summed E-state index contributed by atoms with van der Waals surface area (Å²) in [7, 11) is 6.84. The van der Waals surface area contributed by atoms with E-state index in [1.165, 1.54) is 6.42 Å². The molecule has 8 heteroatoms. The van der Waals surface area contributed by atoms with Crippen LogP contribution in [0.3, 0.4) is 0 Å². The summed E-state index contributed by atoms with van der Waals surface area (Å²) < 4.78 is 15.7. The van der Waals surface area contributed by atoms with Crippen molar-refractivity contribution in [2.24, 2.45) is 5.92 Å². The van der Waals surface area contributed by atoms with Crippen LogP contribution in [0.4, 0.5) is 11.9 Å². The molecule has 0 N–H and O–H groups in total. The van der Waals surface area contributed by atoms with Crippen LogP contribution in [0.1, 0.15) is 37.9 Å². The van der Waals surface area contributed by atoms with Crippen LogP contribution in [-0.4, -0.2) is 63.5 Å². The molecule has 1 aromatic rings. The second kappa shape index (κ2) is 9.10. The molecule has 1 aliphatic carbocycles. The van der Waals surface area contributed by atoms with Crippen LogP contribution in [0.2, 0.25) is 0 Å². The Labute approximate surface area is 144 Å². The van der Waals surface area contributed by atoms with Gasteiger partial charge in [0.1, 0.15) is 26.0 Å². The van der Waals surface area contributed by atoms with Crippen molar-refractivity contribution in [1.82, 2.24) is 15.0 Å². The van der Waals surface area contributed by atoms with Crippen molar-refractivity contribution >= 4 is 11.9 Å². The quantitative estimate of drug-likeness (QED) is 0.631. The minimum Gasteiger partial charge on any atom is -0.364 e. The third-order valence-corrected chi connectivity index (χ3v) is 4.21. The van der Waals surface area contributed by atoms with Crippen molar-refractivity contribution in [3.05, 3.63) is 5.82 Å². The van der Waals surface area contributed by atoms with E-state index in [4.69, 9.17) is 19.2 Å². The fourth-order valence-electron chi connectivity index (χ4n) is 3.02. The number of ether oxygens (including phenoxy) is 3. The lowest BCUT2D eigenvalue weighted by Crippen LogP contribution is -2.31. The normalized spacial score (nSPS) is 20.4. The highest BCUT2D eigenvalue weighted by Crippen LogP contribution is 2.37. The van der Waals surface area contributed by atoms with Crippen LogP contribution >= 0.6 is 0 Å². The Morgan fingerprint density at radius 1 is 0.917 bits per heavy atom. The predicted molar refractivity (Wildman–Crippen MR) is 92.1 cm³/mol. The Morgan fingerprint density at radius 3 is 2.08 bits per heavy atom. The van der Waals surface area contributed by atoms with Gasteiger partial charge < -0.3 is 19.1 Å². The zero-order chi connectivity index (χ0) is 17.5. The van der Waals surface area contributed by atoms with Crippen LogP contribution in [0, 0.1) is 5.92 Å². The van der Waals surface area contributed by atoms with E-state index in [1.54, 1.807) is 21.3 Å². The molecule has 1 fully saturated rings. The maximum Gasteiger partial charge on any atom is 0.234 e. The lowest BCUT2D eigenvalue weighted by atomic mass is 10.1. The summed E-state index contributed by atoms with van der Waals surface area (Å²) >= 11 is 0. The third kappa shape index (κ3) is 4.75. The van der Waals surface area contributed by atoms with E-state index in [0.717, 1.165) is 18.7 Å². The molecule has 1 aliphatic rings. The summed E-state index contributed by atoms with van der Waals surface area (Å²) in [5.41, 5.74) is 0. The number of hydrogen-bond acceptors (Lipinski definition) is 8. The molecular weight excluding hydrogens is 310 g/mol. The highest BCUT2D eigenvalue weighted by molar-refractivity contribution is 5.38. The molecular formula is C16H29N5O3. The highest BCUT2D eigenvalue weighted by Gasteiger charge is 2.27. The molecule has 2 rings (SSSR count). The highest BCUT2D eigenvalue weighted by atomic mass is 16.5. The van der Waals surface area contributed by atoms with Gasteiger partial charge in [-0.05, 0) is 25.2 Å². The molecule has 2 atom stereocenters. The molecule has 2 unspecified atom stereocenters. The first-order valence-electron chi connectivity index (χ1n) is 8.27. The van der Waals surface area contributed by atoms with Crippen molar-refractivity contribution in [3.63, 3.8) is 0 Å². The first-order valence-corrected chi connectivity index (χ1v) is 8.27. The monoisotopic (exact) mass is 339 g/mol. The third-order valence-electron chi connectivity index (χ3n) is 4.21. The van der Waals surface area contributed by atoms with E-state index < -0.39 is 0 Å². The summed E-state index contributed by atoms with van der Waals surface area (Å²) in [6.45, 7) is 3.40. The molecule has 0 bridgehead atoms. The zero-order valence-corrected chi connectivity index (χ0v) is 15.4. The van der Waals surface area contributed by atoms with Crippen LogP contribution in [-0.2, 0) is 14.2 Å². The van der Waals surface area contributed by atoms with E-state index >= 15 is 0 Å². The summed E-state index contributed by atoms with van der Waals surface area (Å²) in [6, 6.07) is 0. The number of anilines is 2. The first kappa shape index (κ1) is 18.8. The molecule has 24 heavy (non-hydrogen) atoms. The Morgan fingerprint density at radius 2 is 1.54 bits per heavy atom. The Kier molecular flexibility index (Phi) is 7.14. The van der Waals surface area contributed by atoms with Gasteiger partial charge in [-0.3, -0.25) is 4.90 Å². The van der Waals surface area contributed by atoms with Gasteiger partial charge in [0.15, 0.2) is 0 Å². The minimum atomic E-state index is 0.353. The predicted octanol–water partition coefficient (Wildman–Crippen LogP) is 1.83. The van der Waals surface area contributed by atoms with Crippen LogP contribution in [0.5, 0.6) is 0 Å². The molecule has 136 valence electrons. The molecule has 1 heterocycles. The van der Waals surface area contributed by atoms with Gasteiger partial charge >= 0.3 is 0 Å². The van der Waals surface area contributed by atoms with Gasteiger partial charge in [0, 0.05) is 34.3 Å². The topological polar surface area (TPSA) is 72.8 Å². The van der Waals surface area contributed by atoms with Gasteiger partial charge in [-0.25, -0.2) is 0 Å². The Hall–Kier alpha value is -1.51. The van der Waals surface area contributed by atoms with Crippen LogP contribution in [0.15, 0.2) is 0 Å². The van der Waals surface area contributed by atoms with Gasteiger partial charge in [-0.1, -0.05) is 6.92 Å². The molecule has 8 nitrogen and oxygen atoms in total. The largest absolute Gasteiger partial charge is 0.364 e. The minimum absolute atomic E-state index is 0.353. The summed E-state index contributed by atoms with van der Waals surface area (Å²) in [5.74, 6) is 3.11. The van der Waals surface area contributed by atoms with Gasteiger partial charge in [0.2, 0.25) is 11.9 Å². The van der Waals surface area contributed by atoms with Gasteiger partial charge in [-0.2, -0.15) is 15.0 Å². The Bertz CT molecular complexity index is 510. The van der Waals surface area contributed by atoms with E-state index in [0.29, 0.717) is 43.9 Å². The fourth-order valence-corrected chi connectivity index (χ4v) is 3.02. The van der Waals surface area contributed by atoms with E-state index in [1.807, 2.05) is 16.8 Å². The van der Waals surface area contributed by atoms with Crippen molar-refractivity contribution < 1.29 is 14.2 Å². The van der Waals surface area contributed by atoms with Gasteiger partial charge in [0.05, 0.1) is 0 Å². The second-order valence-corrected chi connectivity index (χ2v) is 6.40. The van der Waals surface area contributed by atoms with Crippen molar-refractivity contribution in [2.75, 3.05) is 58.4 Å². The van der Waals surface area contributed by atoms with Crippen molar-refractivity contribution in [3.8, 4) is 0 Å². The number of nitrogens with zero attached hydrogens (tertiary/aromatic N) is 5. The summed E-state index contributed by atoms with van der Waals surface area (Å²) in [4.78, 5) is 17.7. The molecule has 0 amide bonds. The maximum absolute atomic E-state index is 5.25. The van der Waals surface area contributed by atoms with E-state index in [-0.39, 0.29) is 0 Å². The number of methoxy groups -OCH3 is 3. The number of hydrogen-bond donors (Lipinski definition) is 0. The SMILES string of the molecule is COCN(C)c1nc(C2CCC(C)C2)nc(N(COC)COC)n1. The van der Waals surface area contributed by atoms with Crippen LogP contribution in [0.25, 0.3) is 0 Å². The number of aromatic nitrogens is 3. The molecule has 0 aliphatic heterocycles.